The molecule has 3 aromatic rings. The number of carbonyl (C=O) groups excluding carboxylic acids is 1. The summed E-state index contributed by atoms with van der Waals surface area (Å²) in [4.78, 5) is 33.5. The molecular weight excluding hydrogens is 430 g/mol. The Labute approximate surface area is 200 Å². The van der Waals surface area contributed by atoms with Gasteiger partial charge in [0.15, 0.2) is 0 Å². The van der Waals surface area contributed by atoms with Gasteiger partial charge in [-0.05, 0) is 44.4 Å². The fourth-order valence-corrected chi connectivity index (χ4v) is 5.33. The third kappa shape index (κ3) is 4.49. The van der Waals surface area contributed by atoms with Crippen LogP contribution < -0.4 is 5.56 Å². The van der Waals surface area contributed by atoms with Gasteiger partial charge in [-0.25, -0.2) is 0 Å². The van der Waals surface area contributed by atoms with E-state index in [9.17, 15) is 9.59 Å². The molecule has 184 valence electrons. The lowest BCUT2D eigenvalue weighted by Crippen LogP contribution is -2.49. The molecule has 2 aromatic heterocycles. The molecule has 1 saturated carbocycles. The Hall–Kier alpha value is -2.71. The van der Waals surface area contributed by atoms with E-state index in [1.807, 2.05) is 35.6 Å². The highest BCUT2D eigenvalue weighted by Gasteiger charge is 2.26. The van der Waals surface area contributed by atoms with E-state index in [-0.39, 0.29) is 18.9 Å². The molecule has 0 atom stereocenters. The molecule has 1 saturated heterocycles. The van der Waals surface area contributed by atoms with Gasteiger partial charge in [0.25, 0.3) is 11.5 Å². The summed E-state index contributed by atoms with van der Waals surface area (Å²) < 4.78 is 7.49. The van der Waals surface area contributed by atoms with Crippen molar-refractivity contribution in [2.75, 3.05) is 45.9 Å². The second-order valence-electron chi connectivity index (χ2n) is 9.29. The molecule has 1 aliphatic carbocycles. The average Bonchev–Trinajstić information content (AvgIpc) is 3.49. The van der Waals surface area contributed by atoms with Crippen molar-refractivity contribution in [1.82, 2.24) is 24.6 Å². The molecule has 0 bridgehead atoms. The zero-order valence-corrected chi connectivity index (χ0v) is 19.6. The summed E-state index contributed by atoms with van der Waals surface area (Å²) in [7, 11) is 0. The van der Waals surface area contributed by atoms with Crippen molar-refractivity contribution in [2.24, 2.45) is 0 Å². The fourth-order valence-electron chi connectivity index (χ4n) is 5.33. The molecule has 1 amide bonds. The first-order valence-electron chi connectivity index (χ1n) is 12.2. The lowest BCUT2D eigenvalue weighted by Gasteiger charge is -2.35. The number of H-pyrrole nitrogens is 1. The second-order valence-corrected chi connectivity index (χ2v) is 9.29. The van der Waals surface area contributed by atoms with Crippen LogP contribution in [0.2, 0.25) is 0 Å². The maximum Gasteiger partial charge on any atom is 0.259 e. The summed E-state index contributed by atoms with van der Waals surface area (Å²) in [5.41, 5.74) is 3.09. The third-order valence-corrected chi connectivity index (χ3v) is 7.22. The summed E-state index contributed by atoms with van der Waals surface area (Å²) >= 11 is 0. The van der Waals surface area contributed by atoms with Gasteiger partial charge < -0.3 is 14.6 Å². The van der Waals surface area contributed by atoms with Crippen LogP contribution in [0.5, 0.6) is 0 Å². The van der Waals surface area contributed by atoms with E-state index in [1.165, 1.54) is 12.8 Å². The molecule has 0 unspecified atom stereocenters. The topological polar surface area (TPSA) is 83.5 Å². The van der Waals surface area contributed by atoms with E-state index < -0.39 is 0 Å². The Morgan fingerprint density at radius 2 is 1.88 bits per heavy atom. The van der Waals surface area contributed by atoms with E-state index >= 15 is 0 Å². The number of aryl methyl sites for hydroxylation is 1. The fraction of sp³-hybridized carbons (Fsp3) is 0.577. The zero-order valence-electron chi connectivity index (χ0n) is 19.6. The molecule has 1 aliphatic heterocycles. The molecule has 8 nitrogen and oxygen atoms in total. The van der Waals surface area contributed by atoms with Crippen LogP contribution in [0.1, 0.15) is 62.0 Å². The number of rotatable bonds is 6. The predicted molar refractivity (Wildman–Crippen MR) is 136 cm³/mol. The molecule has 1 aromatic carbocycles. The van der Waals surface area contributed by atoms with Crippen molar-refractivity contribution in [2.45, 2.75) is 53.0 Å². The Morgan fingerprint density at radius 1 is 1.15 bits per heavy atom. The predicted octanol–water partition coefficient (Wildman–Crippen LogP) is 3.73. The number of carbonyl (C=O) groups is 1. The number of ether oxygens (including phenoxy) is 1. The van der Waals surface area contributed by atoms with Gasteiger partial charge in [-0.15, -0.1) is 0 Å². The molecular formula is C26H37N5O3. The van der Waals surface area contributed by atoms with Gasteiger partial charge in [-0.1, -0.05) is 20.3 Å². The minimum Gasteiger partial charge on any atom is -0.380 e. The van der Waals surface area contributed by atoms with E-state index in [1.54, 1.807) is 6.20 Å². The van der Waals surface area contributed by atoms with Gasteiger partial charge in [-0.2, -0.15) is 5.10 Å². The first kappa shape index (κ1) is 24.4. The number of piperazine rings is 1. The van der Waals surface area contributed by atoms with Crippen LogP contribution in [0.3, 0.4) is 0 Å². The second kappa shape index (κ2) is 10.3. The molecule has 2 aliphatic rings. The summed E-state index contributed by atoms with van der Waals surface area (Å²) in [6.07, 6.45) is 6.21. The minimum absolute atomic E-state index is 0. The quantitative estimate of drug-likeness (QED) is 0.559. The van der Waals surface area contributed by atoms with Crippen LogP contribution in [-0.2, 0) is 4.74 Å². The minimum atomic E-state index is -0.122. The third-order valence-electron chi connectivity index (χ3n) is 7.22. The number of hydrogen-bond acceptors (Lipinski definition) is 5. The first-order chi connectivity index (χ1) is 16.1. The number of pyridine rings is 1. The van der Waals surface area contributed by atoms with Gasteiger partial charge in [0.1, 0.15) is 0 Å². The lowest BCUT2D eigenvalue weighted by molar-refractivity contribution is 0.0564. The highest BCUT2D eigenvalue weighted by molar-refractivity contribution is 6.07. The van der Waals surface area contributed by atoms with Crippen LogP contribution in [-0.4, -0.2) is 76.4 Å². The maximum absolute atomic E-state index is 13.5. The first-order valence-corrected chi connectivity index (χ1v) is 12.2. The van der Waals surface area contributed by atoms with Gasteiger partial charge in [0.05, 0.1) is 35.3 Å². The standard InChI is InChI=1S/C25H33N5O3.CH4/c1-3-33-13-12-28-8-10-29(11-9-28)25(32)19-15-20-22(14-17(19)2)27-24(31)21-16-26-30(23(20)21)18-6-4-5-7-18;/h14-16,18H,3-13H2,1-2H3,(H,27,31);1H4. The Balaban J connectivity index is 0.00000274. The Bertz CT molecular complexity index is 1220. The van der Waals surface area contributed by atoms with Crippen LogP contribution >= 0.6 is 0 Å². The number of fused-ring (bicyclic) bond motifs is 3. The molecule has 0 radical (unpaired) electrons. The number of aromatic nitrogens is 3. The van der Waals surface area contributed by atoms with E-state index in [2.05, 4.69) is 15.0 Å². The van der Waals surface area contributed by atoms with Crippen molar-refractivity contribution in [3.63, 3.8) is 0 Å². The number of nitrogens with zero attached hydrogens (tertiary/aromatic N) is 4. The monoisotopic (exact) mass is 467 g/mol. The summed E-state index contributed by atoms with van der Waals surface area (Å²) in [5, 5.41) is 6.10. The maximum atomic E-state index is 13.5. The van der Waals surface area contributed by atoms with Crippen molar-refractivity contribution in [3.05, 3.63) is 39.8 Å². The van der Waals surface area contributed by atoms with Crippen LogP contribution in [0.25, 0.3) is 21.8 Å². The molecule has 0 spiro atoms. The van der Waals surface area contributed by atoms with Gasteiger partial charge in [0, 0.05) is 50.3 Å². The van der Waals surface area contributed by atoms with E-state index in [0.29, 0.717) is 30.1 Å². The molecule has 3 heterocycles. The Kier molecular flexibility index (Phi) is 7.38. The van der Waals surface area contributed by atoms with Crippen molar-refractivity contribution in [3.8, 4) is 0 Å². The molecule has 5 rings (SSSR count). The largest absolute Gasteiger partial charge is 0.380 e. The van der Waals surface area contributed by atoms with Crippen molar-refractivity contribution in [1.29, 1.82) is 0 Å². The SMILES string of the molecule is C.CCOCCN1CCN(C(=O)c2cc3c(cc2C)[nH]c(=O)c2cnn(C4CCCC4)c23)CC1. The van der Waals surface area contributed by atoms with Gasteiger partial charge in [0.2, 0.25) is 0 Å². The average molecular weight is 468 g/mol. The van der Waals surface area contributed by atoms with Crippen LogP contribution in [0, 0.1) is 6.92 Å². The normalized spacial score (nSPS) is 17.5. The summed E-state index contributed by atoms with van der Waals surface area (Å²) in [6, 6.07) is 4.23. The molecule has 34 heavy (non-hydrogen) atoms. The lowest BCUT2D eigenvalue weighted by atomic mass is 10.0. The molecule has 2 fully saturated rings. The van der Waals surface area contributed by atoms with Crippen molar-refractivity contribution >= 4 is 27.7 Å². The van der Waals surface area contributed by atoms with E-state index in [0.717, 1.165) is 67.7 Å². The highest BCUT2D eigenvalue weighted by atomic mass is 16.5. The smallest absolute Gasteiger partial charge is 0.259 e. The van der Waals surface area contributed by atoms with Gasteiger partial charge in [-0.3, -0.25) is 19.2 Å². The number of nitrogens with one attached hydrogen (secondary N) is 1. The zero-order chi connectivity index (χ0) is 22.9. The number of aromatic amines is 1. The van der Waals surface area contributed by atoms with Crippen LogP contribution in [0.15, 0.2) is 23.1 Å². The summed E-state index contributed by atoms with van der Waals surface area (Å²) in [5.74, 6) is 0.0603. The highest BCUT2D eigenvalue weighted by Crippen LogP contribution is 2.34. The summed E-state index contributed by atoms with van der Waals surface area (Å²) in [6.45, 7) is 9.46. The molecule has 8 heteroatoms. The van der Waals surface area contributed by atoms with E-state index in [4.69, 9.17) is 4.74 Å². The number of amides is 1. The Morgan fingerprint density at radius 3 is 2.59 bits per heavy atom. The van der Waals surface area contributed by atoms with Gasteiger partial charge >= 0.3 is 0 Å². The van der Waals surface area contributed by atoms with Crippen LogP contribution in [0.4, 0.5) is 0 Å². The van der Waals surface area contributed by atoms with Crippen molar-refractivity contribution < 1.29 is 9.53 Å². The number of benzene rings is 1. The molecule has 1 N–H and O–H groups in total. The number of hydrogen-bond donors (Lipinski definition) is 1.